The van der Waals surface area contributed by atoms with Crippen molar-refractivity contribution in [3.05, 3.63) is 6.20 Å². The van der Waals surface area contributed by atoms with Gasteiger partial charge in [-0.3, -0.25) is 4.68 Å². The van der Waals surface area contributed by atoms with Crippen LogP contribution in [0.1, 0.15) is 0 Å². The lowest BCUT2D eigenvalue weighted by Gasteiger charge is -2.03. The number of nitrogens with one attached hydrogen (secondary N) is 1. The zero-order valence-corrected chi connectivity index (χ0v) is 7.86. The highest BCUT2D eigenvalue weighted by atomic mass is 16.5. The Morgan fingerprint density at radius 3 is 3.00 bits per heavy atom. The summed E-state index contributed by atoms with van der Waals surface area (Å²) in [7, 11) is 1.77. The van der Waals surface area contributed by atoms with E-state index in [4.69, 9.17) is 11.5 Å². The second kappa shape index (κ2) is 4.35. The molecule has 0 saturated carbocycles. The molecule has 0 aliphatic heterocycles. The number of nitrogen functional groups attached to an aromatic ring is 1. The number of amides is 1. The summed E-state index contributed by atoms with van der Waals surface area (Å²) in [4.78, 5) is 10.2. The molecule has 0 aliphatic carbocycles. The first-order chi connectivity index (χ1) is 6.59. The molecule has 0 bridgehead atoms. The topological polar surface area (TPSA) is 108 Å². The monoisotopic (exact) mass is 199 g/mol. The molecule has 1 amide bonds. The Bertz CT molecular complexity index is 322. The first-order valence-electron chi connectivity index (χ1n) is 4.05. The van der Waals surface area contributed by atoms with Crippen molar-refractivity contribution in [3.8, 4) is 0 Å². The summed E-state index contributed by atoms with van der Waals surface area (Å²) in [6, 6.07) is 0. The number of rotatable bonds is 4. The molecule has 5 N–H and O–H groups in total. The van der Waals surface area contributed by atoms with E-state index in [1.54, 1.807) is 17.9 Å². The molecule has 0 radical (unpaired) electrons. The number of nitrogens with zero attached hydrogens (tertiary/aromatic N) is 2. The van der Waals surface area contributed by atoms with E-state index in [0.717, 1.165) is 0 Å². The second-order valence-corrected chi connectivity index (χ2v) is 2.70. The van der Waals surface area contributed by atoms with Gasteiger partial charge in [0.25, 0.3) is 0 Å². The lowest BCUT2D eigenvalue weighted by atomic mass is 10.5. The second-order valence-electron chi connectivity index (χ2n) is 2.70. The van der Waals surface area contributed by atoms with Crippen molar-refractivity contribution in [3.63, 3.8) is 0 Å². The van der Waals surface area contributed by atoms with Crippen molar-refractivity contribution in [1.29, 1.82) is 0 Å². The van der Waals surface area contributed by atoms with Gasteiger partial charge in [-0.15, -0.1) is 0 Å². The Morgan fingerprint density at radius 1 is 1.79 bits per heavy atom. The molecular weight excluding hydrogens is 186 g/mol. The van der Waals surface area contributed by atoms with Crippen LogP contribution in [0.2, 0.25) is 0 Å². The van der Waals surface area contributed by atoms with Gasteiger partial charge in [0.2, 0.25) is 0 Å². The number of carbonyl (C=O) groups excluding carboxylic acids is 1. The maximum Gasteiger partial charge on any atom is 0.404 e. The van der Waals surface area contributed by atoms with Crippen LogP contribution in [-0.2, 0) is 11.8 Å². The molecule has 78 valence electrons. The maximum atomic E-state index is 10.2. The van der Waals surface area contributed by atoms with Gasteiger partial charge in [-0.1, -0.05) is 0 Å². The van der Waals surface area contributed by atoms with Crippen LogP contribution in [-0.4, -0.2) is 29.0 Å². The van der Waals surface area contributed by atoms with Gasteiger partial charge >= 0.3 is 6.09 Å². The summed E-state index contributed by atoms with van der Waals surface area (Å²) >= 11 is 0. The van der Waals surface area contributed by atoms with Crippen molar-refractivity contribution in [2.75, 3.05) is 24.2 Å². The van der Waals surface area contributed by atoms with Crippen LogP contribution in [0.5, 0.6) is 0 Å². The Hall–Kier alpha value is -1.92. The third-order valence-electron chi connectivity index (χ3n) is 1.50. The molecule has 0 unspecified atom stereocenters. The van der Waals surface area contributed by atoms with Gasteiger partial charge in [0.05, 0.1) is 12.2 Å². The highest BCUT2D eigenvalue weighted by Gasteiger charge is 2.02. The molecule has 0 spiro atoms. The average Bonchev–Trinajstić information content (AvgIpc) is 2.39. The molecule has 0 aliphatic rings. The van der Waals surface area contributed by atoms with Crippen molar-refractivity contribution >= 4 is 17.6 Å². The smallest absolute Gasteiger partial charge is 0.404 e. The van der Waals surface area contributed by atoms with Gasteiger partial charge < -0.3 is 21.5 Å². The highest BCUT2D eigenvalue weighted by molar-refractivity contribution is 5.64. The normalized spacial score (nSPS) is 9.79. The van der Waals surface area contributed by atoms with E-state index in [1.807, 2.05) is 0 Å². The standard InChI is InChI=1S/C7H13N5O2/c1-12-4-5(8)6(11-12)10-2-3-14-7(9)13/h4H,2-3,8H2,1H3,(H2,9,13)(H,10,11). The number of hydrogen-bond acceptors (Lipinski definition) is 5. The Balaban J connectivity index is 2.31. The summed E-state index contributed by atoms with van der Waals surface area (Å²) in [6.07, 6.45) is 0.887. The van der Waals surface area contributed by atoms with Crippen LogP contribution in [0.3, 0.4) is 0 Å². The van der Waals surface area contributed by atoms with Crippen LogP contribution in [0.25, 0.3) is 0 Å². The summed E-state index contributed by atoms with van der Waals surface area (Å²) in [6.45, 7) is 0.607. The first-order valence-corrected chi connectivity index (χ1v) is 4.05. The largest absolute Gasteiger partial charge is 0.448 e. The molecule has 1 aromatic rings. The Morgan fingerprint density at radius 2 is 2.50 bits per heavy atom. The molecule has 1 aromatic heterocycles. The van der Waals surface area contributed by atoms with Crippen LogP contribution in [0.15, 0.2) is 6.20 Å². The fraction of sp³-hybridized carbons (Fsp3) is 0.429. The van der Waals surface area contributed by atoms with Crippen LogP contribution in [0, 0.1) is 0 Å². The minimum absolute atomic E-state index is 0.186. The third kappa shape index (κ3) is 2.85. The number of hydrogen-bond donors (Lipinski definition) is 3. The summed E-state index contributed by atoms with van der Waals surface area (Å²) in [5, 5.41) is 6.94. The molecule has 1 rings (SSSR count). The zero-order valence-electron chi connectivity index (χ0n) is 7.86. The van der Waals surface area contributed by atoms with Crippen LogP contribution in [0.4, 0.5) is 16.3 Å². The minimum Gasteiger partial charge on any atom is -0.448 e. The van der Waals surface area contributed by atoms with E-state index in [1.165, 1.54) is 0 Å². The third-order valence-corrected chi connectivity index (χ3v) is 1.50. The highest BCUT2D eigenvalue weighted by Crippen LogP contribution is 2.13. The fourth-order valence-corrected chi connectivity index (χ4v) is 0.965. The van der Waals surface area contributed by atoms with E-state index < -0.39 is 6.09 Å². The van der Waals surface area contributed by atoms with E-state index in [2.05, 4.69) is 15.2 Å². The van der Waals surface area contributed by atoms with Gasteiger partial charge in [0.1, 0.15) is 6.61 Å². The van der Waals surface area contributed by atoms with Crippen molar-refractivity contribution in [2.24, 2.45) is 12.8 Å². The zero-order chi connectivity index (χ0) is 10.6. The van der Waals surface area contributed by atoms with E-state index in [9.17, 15) is 4.79 Å². The lowest BCUT2D eigenvalue weighted by Crippen LogP contribution is -2.18. The number of nitrogens with two attached hydrogens (primary N) is 2. The maximum absolute atomic E-state index is 10.2. The van der Waals surface area contributed by atoms with E-state index in [-0.39, 0.29) is 6.61 Å². The number of aryl methyl sites for hydroxylation is 1. The van der Waals surface area contributed by atoms with Crippen molar-refractivity contribution in [2.45, 2.75) is 0 Å². The number of aromatic nitrogens is 2. The molecule has 0 atom stereocenters. The van der Waals surface area contributed by atoms with E-state index >= 15 is 0 Å². The molecule has 7 nitrogen and oxygen atoms in total. The van der Waals surface area contributed by atoms with Gasteiger partial charge in [0, 0.05) is 13.2 Å². The van der Waals surface area contributed by atoms with Crippen molar-refractivity contribution < 1.29 is 9.53 Å². The lowest BCUT2D eigenvalue weighted by molar-refractivity contribution is 0.161. The van der Waals surface area contributed by atoms with Gasteiger partial charge in [0.15, 0.2) is 5.82 Å². The van der Waals surface area contributed by atoms with Crippen LogP contribution < -0.4 is 16.8 Å². The molecule has 0 saturated heterocycles. The van der Waals surface area contributed by atoms with Crippen LogP contribution >= 0.6 is 0 Å². The number of ether oxygens (including phenoxy) is 1. The predicted molar refractivity (Wildman–Crippen MR) is 51.6 cm³/mol. The molecule has 0 aromatic carbocycles. The van der Waals surface area contributed by atoms with Gasteiger partial charge in [-0.25, -0.2) is 4.79 Å². The fourth-order valence-electron chi connectivity index (χ4n) is 0.965. The first kappa shape index (κ1) is 10.2. The molecule has 7 heteroatoms. The molecule has 1 heterocycles. The van der Waals surface area contributed by atoms with Gasteiger partial charge in [-0.2, -0.15) is 5.10 Å². The SMILES string of the molecule is Cn1cc(N)c(NCCOC(N)=O)n1. The minimum atomic E-state index is -0.791. The Kier molecular flexibility index (Phi) is 3.16. The quantitative estimate of drug-likeness (QED) is 0.567. The Labute approximate surface area is 81.0 Å². The molecule has 14 heavy (non-hydrogen) atoms. The summed E-state index contributed by atoms with van der Waals surface area (Å²) < 4.78 is 6.10. The average molecular weight is 199 g/mol. The number of anilines is 2. The summed E-state index contributed by atoms with van der Waals surface area (Å²) in [5.41, 5.74) is 10.9. The van der Waals surface area contributed by atoms with E-state index in [0.29, 0.717) is 18.1 Å². The molecular formula is C7H13N5O2. The molecule has 0 fully saturated rings. The number of carbonyl (C=O) groups is 1. The van der Waals surface area contributed by atoms with Crippen molar-refractivity contribution in [1.82, 2.24) is 9.78 Å². The summed E-state index contributed by atoms with van der Waals surface area (Å²) in [5.74, 6) is 0.570. The predicted octanol–water partition coefficient (Wildman–Crippen LogP) is -0.490. The number of primary amides is 1. The van der Waals surface area contributed by atoms with Gasteiger partial charge in [-0.05, 0) is 0 Å².